The van der Waals surface area contributed by atoms with Crippen molar-refractivity contribution in [3.05, 3.63) is 36.3 Å². The Kier molecular flexibility index (Phi) is 3.20. The number of amides is 2. The van der Waals surface area contributed by atoms with Crippen LogP contribution in [0.5, 0.6) is 0 Å². The van der Waals surface area contributed by atoms with Crippen molar-refractivity contribution in [1.82, 2.24) is 5.32 Å². The molecule has 1 aliphatic carbocycles. The van der Waals surface area contributed by atoms with Crippen LogP contribution in [0.25, 0.3) is 0 Å². The van der Waals surface area contributed by atoms with Gasteiger partial charge in [0.15, 0.2) is 6.10 Å². The third kappa shape index (κ3) is 1.91. The Hall–Kier alpha value is -2.08. The van der Waals surface area contributed by atoms with Gasteiger partial charge < -0.3 is 20.5 Å². The first-order valence-corrected chi connectivity index (χ1v) is 5.39. The standard InChI is InChI=1S/C12H13N2O4/c1-8(15)14-9-4-2-5-10-12(9,11(13)16)18-7-3-6-17-10/h3-6,10H,7H2,1H3,(H2,13,16)(H,14,15). The third-order valence-corrected chi connectivity index (χ3v) is 2.68. The highest BCUT2D eigenvalue weighted by Crippen LogP contribution is 2.32. The van der Waals surface area contributed by atoms with Crippen LogP contribution in [-0.4, -0.2) is 30.1 Å². The fourth-order valence-corrected chi connectivity index (χ4v) is 1.91. The van der Waals surface area contributed by atoms with Crippen LogP contribution in [0.3, 0.4) is 0 Å². The van der Waals surface area contributed by atoms with E-state index in [0.29, 0.717) is 0 Å². The minimum Gasteiger partial charge on any atom is -0.490 e. The van der Waals surface area contributed by atoms with Crippen LogP contribution in [0.2, 0.25) is 0 Å². The number of fused-ring (bicyclic) bond motifs is 1. The molecule has 0 saturated heterocycles. The van der Waals surface area contributed by atoms with E-state index >= 15 is 0 Å². The Labute approximate surface area is 104 Å². The molecule has 0 saturated carbocycles. The SMILES string of the molecule is CC(=O)NC1=C[C]=CC2OC=CCOC12C(N)=O. The van der Waals surface area contributed by atoms with Crippen molar-refractivity contribution < 1.29 is 19.1 Å². The fourth-order valence-electron chi connectivity index (χ4n) is 1.91. The predicted octanol–water partition coefficient (Wildman–Crippen LogP) is -0.467. The number of ether oxygens (including phenoxy) is 2. The summed E-state index contributed by atoms with van der Waals surface area (Å²) in [4.78, 5) is 23.0. The number of primary amides is 1. The Balaban J connectivity index is 2.44. The number of allylic oxidation sites excluding steroid dienone is 2. The second-order valence-electron chi connectivity index (χ2n) is 3.91. The largest absolute Gasteiger partial charge is 0.490 e. The van der Waals surface area contributed by atoms with Crippen molar-refractivity contribution in [2.24, 2.45) is 5.73 Å². The zero-order chi connectivity index (χ0) is 13.2. The van der Waals surface area contributed by atoms with E-state index < -0.39 is 17.6 Å². The lowest BCUT2D eigenvalue weighted by molar-refractivity contribution is -0.147. The minimum absolute atomic E-state index is 0.157. The number of rotatable bonds is 2. The fraction of sp³-hybridized carbons (Fsp3) is 0.333. The maximum atomic E-state index is 11.8. The van der Waals surface area contributed by atoms with Crippen molar-refractivity contribution in [2.45, 2.75) is 18.6 Å². The van der Waals surface area contributed by atoms with Gasteiger partial charge in [0.05, 0.1) is 18.6 Å². The number of carbonyl (C=O) groups is 2. The quantitative estimate of drug-likeness (QED) is 0.692. The molecule has 2 unspecified atom stereocenters. The summed E-state index contributed by atoms with van der Waals surface area (Å²) in [6, 6.07) is 0. The zero-order valence-corrected chi connectivity index (χ0v) is 9.80. The van der Waals surface area contributed by atoms with Crippen molar-refractivity contribution >= 4 is 11.8 Å². The Morgan fingerprint density at radius 3 is 3.06 bits per heavy atom. The molecule has 0 aromatic heterocycles. The molecule has 18 heavy (non-hydrogen) atoms. The number of hydrogen-bond donors (Lipinski definition) is 2. The van der Waals surface area contributed by atoms with E-state index in [0.717, 1.165) is 0 Å². The first kappa shape index (κ1) is 12.4. The molecular weight excluding hydrogens is 236 g/mol. The summed E-state index contributed by atoms with van der Waals surface area (Å²) < 4.78 is 10.9. The molecule has 2 rings (SSSR count). The van der Waals surface area contributed by atoms with Crippen molar-refractivity contribution in [2.75, 3.05) is 6.61 Å². The van der Waals surface area contributed by atoms with E-state index in [2.05, 4.69) is 11.4 Å². The maximum absolute atomic E-state index is 11.8. The van der Waals surface area contributed by atoms with E-state index in [1.165, 1.54) is 25.3 Å². The monoisotopic (exact) mass is 249 g/mol. The van der Waals surface area contributed by atoms with Gasteiger partial charge in [-0.15, -0.1) is 0 Å². The lowest BCUT2D eigenvalue weighted by Crippen LogP contribution is -2.60. The molecule has 3 N–H and O–H groups in total. The zero-order valence-electron chi connectivity index (χ0n) is 9.80. The van der Waals surface area contributed by atoms with Gasteiger partial charge in [-0.05, 0) is 24.3 Å². The molecule has 6 heteroatoms. The van der Waals surface area contributed by atoms with Crippen molar-refractivity contribution in [1.29, 1.82) is 0 Å². The lowest BCUT2D eigenvalue weighted by Gasteiger charge is -2.37. The van der Waals surface area contributed by atoms with Crippen LogP contribution in [0.1, 0.15) is 6.92 Å². The lowest BCUT2D eigenvalue weighted by atomic mass is 9.87. The molecule has 0 spiro atoms. The van der Waals surface area contributed by atoms with Crippen LogP contribution in [0, 0.1) is 6.08 Å². The van der Waals surface area contributed by atoms with Crippen LogP contribution in [-0.2, 0) is 19.1 Å². The summed E-state index contributed by atoms with van der Waals surface area (Å²) >= 11 is 0. The van der Waals surface area contributed by atoms with Gasteiger partial charge in [0, 0.05) is 6.92 Å². The molecule has 6 nitrogen and oxygen atoms in total. The Bertz CT molecular complexity index is 467. The number of hydrogen-bond acceptors (Lipinski definition) is 4. The Morgan fingerprint density at radius 2 is 2.39 bits per heavy atom. The normalized spacial score (nSPS) is 29.6. The van der Waals surface area contributed by atoms with Crippen LogP contribution < -0.4 is 11.1 Å². The summed E-state index contributed by atoms with van der Waals surface area (Å²) in [6.45, 7) is 1.49. The van der Waals surface area contributed by atoms with E-state index in [-0.39, 0.29) is 18.2 Å². The molecular formula is C12H13N2O4. The number of carbonyl (C=O) groups excluding carboxylic acids is 2. The third-order valence-electron chi connectivity index (χ3n) is 2.68. The molecule has 2 atom stereocenters. The second kappa shape index (κ2) is 4.66. The molecule has 1 radical (unpaired) electrons. The van der Waals surface area contributed by atoms with E-state index in [1.54, 1.807) is 6.08 Å². The smallest absolute Gasteiger partial charge is 0.260 e. The van der Waals surface area contributed by atoms with E-state index in [4.69, 9.17) is 15.2 Å². The molecule has 0 aromatic carbocycles. The summed E-state index contributed by atoms with van der Waals surface area (Å²) in [5.41, 5.74) is 4.14. The highest BCUT2D eigenvalue weighted by molar-refractivity contribution is 5.90. The maximum Gasteiger partial charge on any atom is 0.260 e. The van der Waals surface area contributed by atoms with E-state index in [1.807, 2.05) is 0 Å². The molecule has 2 aliphatic rings. The predicted molar refractivity (Wildman–Crippen MR) is 61.6 cm³/mol. The molecule has 2 amide bonds. The second-order valence-corrected chi connectivity index (χ2v) is 3.91. The van der Waals surface area contributed by atoms with Gasteiger partial charge >= 0.3 is 0 Å². The molecule has 0 aromatic rings. The first-order valence-electron chi connectivity index (χ1n) is 5.39. The van der Waals surface area contributed by atoms with E-state index in [9.17, 15) is 9.59 Å². The molecule has 0 fully saturated rings. The Morgan fingerprint density at radius 1 is 1.61 bits per heavy atom. The highest BCUT2D eigenvalue weighted by Gasteiger charge is 2.51. The van der Waals surface area contributed by atoms with Crippen LogP contribution >= 0.6 is 0 Å². The summed E-state index contributed by atoms with van der Waals surface area (Å²) in [7, 11) is 0. The van der Waals surface area contributed by atoms with Crippen molar-refractivity contribution in [3.8, 4) is 0 Å². The van der Waals surface area contributed by atoms with Gasteiger partial charge in [-0.2, -0.15) is 0 Å². The average molecular weight is 249 g/mol. The number of nitrogens with two attached hydrogens (primary N) is 1. The van der Waals surface area contributed by atoms with Crippen LogP contribution in [0.4, 0.5) is 0 Å². The average Bonchev–Trinajstić information content (AvgIpc) is 2.51. The van der Waals surface area contributed by atoms with Crippen molar-refractivity contribution in [3.63, 3.8) is 0 Å². The van der Waals surface area contributed by atoms with Gasteiger partial charge in [-0.25, -0.2) is 0 Å². The topological polar surface area (TPSA) is 90.7 Å². The molecule has 0 bridgehead atoms. The first-order chi connectivity index (χ1) is 8.57. The molecule has 1 aliphatic heterocycles. The highest BCUT2D eigenvalue weighted by atomic mass is 16.6. The number of nitrogens with one attached hydrogen (secondary N) is 1. The minimum atomic E-state index is -1.53. The van der Waals surface area contributed by atoms with Gasteiger partial charge in [0.2, 0.25) is 11.5 Å². The van der Waals surface area contributed by atoms with Crippen LogP contribution in [0.15, 0.2) is 30.2 Å². The summed E-state index contributed by atoms with van der Waals surface area (Å²) in [6.07, 6.45) is 8.09. The van der Waals surface area contributed by atoms with Gasteiger partial charge in [-0.1, -0.05) is 0 Å². The molecule has 1 heterocycles. The van der Waals surface area contributed by atoms with Gasteiger partial charge in [0.25, 0.3) is 5.91 Å². The molecule has 95 valence electrons. The van der Waals surface area contributed by atoms with Gasteiger partial charge in [0.1, 0.15) is 0 Å². The summed E-state index contributed by atoms with van der Waals surface area (Å²) in [5, 5.41) is 2.54. The summed E-state index contributed by atoms with van der Waals surface area (Å²) in [5.74, 6) is -1.06. The van der Waals surface area contributed by atoms with Gasteiger partial charge in [-0.3, -0.25) is 9.59 Å².